The standard InChI is InChI=1S/C39H64N2O/c1-27(2)29-15-20-39(41-24-23-40-25-26-42)22-21-37(6)31(34(29)39)13-14-33-36(5)18-16-30(28-11-9-8-10-12-28)35(3,4)32(36)17-19-38(33,37)7/h11,16,29,31-34,40-42H,1,8-10,12-15,17-26H2,2-7H3/t29-,31+,32?,33?,34?,36-,37+,38+,39-/m0/s1. The molecule has 4 saturated carbocycles. The molecule has 0 heterocycles. The Morgan fingerprint density at radius 2 is 1.69 bits per heavy atom. The average Bonchev–Trinajstić information content (AvgIpc) is 3.34. The third kappa shape index (κ3) is 4.52. The zero-order valence-corrected chi connectivity index (χ0v) is 28.2. The topological polar surface area (TPSA) is 44.3 Å². The maximum atomic E-state index is 9.23. The molecule has 236 valence electrons. The van der Waals surface area contributed by atoms with Crippen molar-refractivity contribution in [3.05, 3.63) is 35.5 Å². The van der Waals surface area contributed by atoms with E-state index >= 15 is 0 Å². The smallest absolute Gasteiger partial charge is 0.0555 e. The van der Waals surface area contributed by atoms with Gasteiger partial charge in [-0.15, -0.1) is 0 Å². The van der Waals surface area contributed by atoms with Gasteiger partial charge in [0.15, 0.2) is 0 Å². The van der Waals surface area contributed by atoms with E-state index in [-0.39, 0.29) is 17.6 Å². The summed E-state index contributed by atoms with van der Waals surface area (Å²) >= 11 is 0. The predicted molar refractivity (Wildman–Crippen MR) is 177 cm³/mol. The van der Waals surface area contributed by atoms with Gasteiger partial charge in [0.1, 0.15) is 0 Å². The second-order valence-corrected chi connectivity index (χ2v) is 17.3. The summed E-state index contributed by atoms with van der Waals surface area (Å²) in [6, 6.07) is 0. The van der Waals surface area contributed by atoms with Crippen LogP contribution in [0.25, 0.3) is 0 Å². The number of fused-ring (bicyclic) bond motifs is 7. The first kappa shape index (κ1) is 31.1. The minimum atomic E-state index is 0.220. The van der Waals surface area contributed by atoms with E-state index in [1.807, 2.05) is 0 Å². The highest BCUT2D eigenvalue weighted by molar-refractivity contribution is 5.41. The number of rotatable bonds is 8. The van der Waals surface area contributed by atoms with Gasteiger partial charge >= 0.3 is 0 Å². The molecule has 0 bridgehead atoms. The van der Waals surface area contributed by atoms with E-state index < -0.39 is 0 Å². The number of hydrogen-bond donors (Lipinski definition) is 3. The van der Waals surface area contributed by atoms with Gasteiger partial charge in [-0.3, -0.25) is 0 Å². The fourth-order valence-electron chi connectivity index (χ4n) is 13.3. The van der Waals surface area contributed by atoms with Crippen LogP contribution >= 0.6 is 0 Å². The maximum Gasteiger partial charge on any atom is 0.0555 e. The zero-order chi connectivity index (χ0) is 30.0. The van der Waals surface area contributed by atoms with Gasteiger partial charge in [-0.2, -0.15) is 0 Å². The molecule has 3 N–H and O–H groups in total. The summed E-state index contributed by atoms with van der Waals surface area (Å²) in [5.41, 5.74) is 6.60. The van der Waals surface area contributed by atoms with Crippen molar-refractivity contribution >= 4 is 0 Å². The summed E-state index contributed by atoms with van der Waals surface area (Å²) in [5.74, 6) is 3.75. The number of allylic oxidation sites excluding steroid dienone is 5. The molecule has 0 aromatic rings. The van der Waals surface area contributed by atoms with Gasteiger partial charge in [-0.25, -0.2) is 0 Å². The lowest BCUT2D eigenvalue weighted by Crippen LogP contribution is -2.68. The summed E-state index contributed by atoms with van der Waals surface area (Å²) in [7, 11) is 0. The van der Waals surface area contributed by atoms with E-state index in [0.717, 1.165) is 30.8 Å². The molecule has 0 saturated heterocycles. The van der Waals surface area contributed by atoms with E-state index in [1.54, 1.807) is 11.1 Å². The van der Waals surface area contributed by atoms with Crippen molar-refractivity contribution in [2.45, 2.75) is 131 Å². The Labute approximate surface area is 258 Å². The van der Waals surface area contributed by atoms with E-state index in [4.69, 9.17) is 0 Å². The van der Waals surface area contributed by atoms with Crippen molar-refractivity contribution in [1.82, 2.24) is 10.6 Å². The summed E-state index contributed by atoms with van der Waals surface area (Å²) in [6.45, 7) is 23.3. The van der Waals surface area contributed by atoms with Crippen LogP contribution in [-0.2, 0) is 0 Å². The molecular formula is C39H64N2O. The molecule has 0 aromatic heterocycles. The summed E-state index contributed by atoms with van der Waals surface area (Å²) < 4.78 is 0. The van der Waals surface area contributed by atoms with Crippen LogP contribution in [0.4, 0.5) is 0 Å². The number of hydrogen-bond acceptors (Lipinski definition) is 3. The first-order valence-corrected chi connectivity index (χ1v) is 18.1. The molecule has 0 spiro atoms. The summed E-state index contributed by atoms with van der Waals surface area (Å²) in [4.78, 5) is 0. The molecule has 4 fully saturated rings. The van der Waals surface area contributed by atoms with Gasteiger partial charge in [0.2, 0.25) is 0 Å². The lowest BCUT2D eigenvalue weighted by molar-refractivity contribution is -0.221. The van der Waals surface area contributed by atoms with Crippen molar-refractivity contribution in [1.29, 1.82) is 0 Å². The third-order valence-corrected chi connectivity index (χ3v) is 15.3. The Bertz CT molecular complexity index is 1100. The zero-order valence-electron chi connectivity index (χ0n) is 28.2. The first-order chi connectivity index (χ1) is 19.9. The van der Waals surface area contributed by atoms with Crippen LogP contribution in [0, 0.1) is 51.2 Å². The average molecular weight is 577 g/mol. The van der Waals surface area contributed by atoms with Gasteiger partial charge in [0.25, 0.3) is 0 Å². The molecule has 0 aromatic carbocycles. The Hall–Kier alpha value is -0.900. The van der Waals surface area contributed by atoms with E-state index in [2.05, 4.69) is 70.9 Å². The largest absolute Gasteiger partial charge is 0.395 e. The summed E-state index contributed by atoms with van der Waals surface area (Å²) in [5, 5.41) is 16.8. The molecule has 6 aliphatic carbocycles. The monoisotopic (exact) mass is 577 g/mol. The van der Waals surface area contributed by atoms with Gasteiger partial charge in [0.05, 0.1) is 6.61 Å². The molecule has 0 amide bonds. The quantitative estimate of drug-likeness (QED) is 0.200. The Balaban J connectivity index is 1.30. The molecular weight excluding hydrogens is 512 g/mol. The highest BCUT2D eigenvalue weighted by atomic mass is 16.3. The lowest BCUT2D eigenvalue weighted by atomic mass is 9.33. The lowest BCUT2D eigenvalue weighted by Gasteiger charge is -2.72. The predicted octanol–water partition coefficient (Wildman–Crippen LogP) is 8.60. The molecule has 6 aliphatic rings. The van der Waals surface area contributed by atoms with Crippen molar-refractivity contribution in [2.24, 2.45) is 51.2 Å². The van der Waals surface area contributed by atoms with Crippen LogP contribution < -0.4 is 10.6 Å². The fraction of sp³-hybridized carbons (Fsp3) is 0.846. The minimum absolute atomic E-state index is 0.220. The third-order valence-electron chi connectivity index (χ3n) is 15.3. The van der Waals surface area contributed by atoms with Gasteiger partial charge in [0, 0.05) is 25.2 Å². The first-order valence-electron chi connectivity index (χ1n) is 18.1. The number of aliphatic hydroxyl groups excluding tert-OH is 1. The normalized spacial score (nSPS) is 46.0. The molecule has 42 heavy (non-hydrogen) atoms. The van der Waals surface area contributed by atoms with Crippen LogP contribution in [0.3, 0.4) is 0 Å². The number of aliphatic hydroxyl groups is 1. The Morgan fingerprint density at radius 1 is 0.881 bits per heavy atom. The second kappa shape index (κ2) is 11.2. The van der Waals surface area contributed by atoms with Crippen LogP contribution in [0.2, 0.25) is 0 Å². The van der Waals surface area contributed by atoms with Crippen molar-refractivity contribution in [3.8, 4) is 0 Å². The highest BCUT2D eigenvalue weighted by Crippen LogP contribution is 2.76. The van der Waals surface area contributed by atoms with Crippen LogP contribution in [-0.4, -0.2) is 36.9 Å². The molecule has 3 unspecified atom stereocenters. The van der Waals surface area contributed by atoms with Gasteiger partial charge < -0.3 is 15.7 Å². The summed E-state index contributed by atoms with van der Waals surface area (Å²) in [6.07, 6.45) is 22.9. The molecule has 6 rings (SSSR count). The van der Waals surface area contributed by atoms with Crippen molar-refractivity contribution in [2.75, 3.05) is 26.2 Å². The molecule has 0 aliphatic heterocycles. The second-order valence-electron chi connectivity index (χ2n) is 17.3. The Morgan fingerprint density at radius 3 is 2.40 bits per heavy atom. The van der Waals surface area contributed by atoms with Gasteiger partial charge in [-0.1, -0.05) is 58.9 Å². The minimum Gasteiger partial charge on any atom is -0.395 e. The van der Waals surface area contributed by atoms with E-state index in [1.165, 1.54) is 89.0 Å². The van der Waals surface area contributed by atoms with Crippen LogP contribution in [0.15, 0.2) is 35.5 Å². The SMILES string of the molecule is C=C(C)[C@@H]1CC[C@]2(NCCNCCO)CC[C@]3(C)[C@H](CCC4[C@@]5(C)CC=C(C6=CCCCC6)C(C)(C)C5CC[C@]43C)C12. The van der Waals surface area contributed by atoms with Crippen molar-refractivity contribution in [3.63, 3.8) is 0 Å². The highest BCUT2D eigenvalue weighted by Gasteiger charge is 2.70. The molecule has 0 radical (unpaired) electrons. The number of nitrogens with one attached hydrogen (secondary N) is 2. The van der Waals surface area contributed by atoms with E-state index in [0.29, 0.717) is 34.6 Å². The maximum absolute atomic E-state index is 9.23. The molecule has 3 nitrogen and oxygen atoms in total. The van der Waals surface area contributed by atoms with E-state index in [9.17, 15) is 5.11 Å². The molecule has 9 atom stereocenters. The van der Waals surface area contributed by atoms with Gasteiger partial charge in [-0.05, 0) is 153 Å². The van der Waals surface area contributed by atoms with Crippen LogP contribution in [0.1, 0.15) is 125 Å². The fourth-order valence-corrected chi connectivity index (χ4v) is 13.3. The van der Waals surface area contributed by atoms with Crippen molar-refractivity contribution < 1.29 is 5.11 Å². The Kier molecular flexibility index (Phi) is 8.27. The van der Waals surface area contributed by atoms with Crippen LogP contribution in [0.5, 0.6) is 0 Å². The molecule has 3 heteroatoms.